The van der Waals surface area contributed by atoms with Crippen molar-refractivity contribution in [2.75, 3.05) is 32.5 Å². The highest BCUT2D eigenvalue weighted by Gasteiger charge is 2.33. The van der Waals surface area contributed by atoms with Gasteiger partial charge in [-0.05, 0) is 25.7 Å². The van der Waals surface area contributed by atoms with Gasteiger partial charge in [-0.3, -0.25) is 0 Å². The Kier molecular flexibility index (Phi) is 4.87. The summed E-state index contributed by atoms with van der Waals surface area (Å²) in [4.78, 5) is 13.8. The van der Waals surface area contributed by atoms with E-state index in [-0.39, 0.29) is 24.7 Å². The Morgan fingerprint density at radius 1 is 1.30 bits per heavy atom. The number of urea groups is 1. The average Bonchev–Trinajstić information content (AvgIpc) is 3.19. The largest absolute Gasteiger partial charge is 0.395 e. The SMILES string of the molecule is CS(=O)(=O)N1CCC(NC(=O)N(CCO)C2CC2)CC1. The molecule has 1 aliphatic heterocycles. The summed E-state index contributed by atoms with van der Waals surface area (Å²) in [5, 5.41) is 11.9. The van der Waals surface area contributed by atoms with E-state index in [0.717, 1.165) is 12.8 Å². The van der Waals surface area contributed by atoms with E-state index in [1.807, 2.05) is 0 Å². The highest BCUT2D eigenvalue weighted by atomic mass is 32.2. The molecule has 1 heterocycles. The Balaban J connectivity index is 1.81. The number of aliphatic hydroxyl groups excluding tert-OH is 1. The van der Waals surface area contributed by atoms with Gasteiger partial charge in [-0.25, -0.2) is 17.5 Å². The molecule has 0 radical (unpaired) electrons. The van der Waals surface area contributed by atoms with Gasteiger partial charge in [-0.15, -0.1) is 0 Å². The second-order valence-corrected chi connectivity index (χ2v) is 7.52. The lowest BCUT2D eigenvalue weighted by molar-refractivity contribution is 0.166. The van der Waals surface area contributed by atoms with E-state index in [0.29, 0.717) is 32.5 Å². The van der Waals surface area contributed by atoms with Gasteiger partial charge in [0.2, 0.25) is 10.0 Å². The van der Waals surface area contributed by atoms with Crippen LogP contribution in [0.15, 0.2) is 0 Å². The van der Waals surface area contributed by atoms with Gasteiger partial charge in [0.1, 0.15) is 0 Å². The van der Waals surface area contributed by atoms with Gasteiger partial charge < -0.3 is 15.3 Å². The molecule has 0 bridgehead atoms. The molecule has 0 aromatic rings. The molecule has 0 aromatic carbocycles. The third kappa shape index (κ3) is 4.07. The molecule has 7 nitrogen and oxygen atoms in total. The van der Waals surface area contributed by atoms with Gasteiger partial charge in [0.15, 0.2) is 0 Å². The quantitative estimate of drug-likeness (QED) is 0.722. The van der Waals surface area contributed by atoms with Crippen molar-refractivity contribution in [2.45, 2.75) is 37.8 Å². The van der Waals surface area contributed by atoms with Crippen molar-refractivity contribution in [3.8, 4) is 0 Å². The summed E-state index contributed by atoms with van der Waals surface area (Å²) in [7, 11) is -3.13. The van der Waals surface area contributed by atoms with Crippen LogP contribution in [0.3, 0.4) is 0 Å². The van der Waals surface area contributed by atoms with Crippen LogP contribution in [-0.2, 0) is 10.0 Å². The zero-order valence-corrected chi connectivity index (χ0v) is 12.6. The normalized spacial score (nSPS) is 21.7. The van der Waals surface area contributed by atoms with E-state index in [1.165, 1.54) is 10.6 Å². The van der Waals surface area contributed by atoms with E-state index in [1.54, 1.807) is 4.90 Å². The highest BCUT2D eigenvalue weighted by Crippen LogP contribution is 2.26. The number of nitrogens with one attached hydrogen (secondary N) is 1. The molecule has 2 N–H and O–H groups in total. The maximum Gasteiger partial charge on any atom is 0.317 e. The molecule has 0 aromatic heterocycles. The Bertz CT molecular complexity index is 442. The topological polar surface area (TPSA) is 90.0 Å². The third-order valence-electron chi connectivity index (χ3n) is 3.84. The molecule has 2 aliphatic rings. The van der Waals surface area contributed by atoms with Crippen LogP contribution in [0, 0.1) is 0 Å². The predicted molar refractivity (Wildman–Crippen MR) is 74.8 cm³/mol. The van der Waals surface area contributed by atoms with E-state index in [4.69, 9.17) is 5.11 Å². The van der Waals surface area contributed by atoms with Gasteiger partial charge in [0.05, 0.1) is 12.9 Å². The maximum atomic E-state index is 12.1. The van der Waals surface area contributed by atoms with Crippen LogP contribution < -0.4 is 5.32 Å². The molecule has 2 rings (SSSR count). The number of nitrogens with zero attached hydrogens (tertiary/aromatic N) is 2. The minimum absolute atomic E-state index is 0.0143. The molecule has 8 heteroatoms. The van der Waals surface area contributed by atoms with E-state index < -0.39 is 10.0 Å². The molecular formula is C12H23N3O4S. The first-order valence-corrected chi connectivity index (χ1v) is 8.89. The predicted octanol–water partition coefficient (Wildman–Crippen LogP) is -0.423. The summed E-state index contributed by atoms with van der Waals surface area (Å²) in [6.07, 6.45) is 4.48. The van der Waals surface area contributed by atoms with E-state index in [9.17, 15) is 13.2 Å². The van der Waals surface area contributed by atoms with Crippen molar-refractivity contribution in [3.05, 3.63) is 0 Å². The van der Waals surface area contributed by atoms with Crippen LogP contribution in [-0.4, -0.2) is 73.3 Å². The first kappa shape index (κ1) is 15.5. The standard InChI is InChI=1S/C12H23N3O4S/c1-20(18,19)14-6-4-10(5-7-14)13-12(17)15(8-9-16)11-2-3-11/h10-11,16H,2-9H2,1H3,(H,13,17). The number of sulfonamides is 1. The molecule has 20 heavy (non-hydrogen) atoms. The van der Waals surface area contributed by atoms with Gasteiger partial charge in [0.25, 0.3) is 0 Å². The summed E-state index contributed by atoms with van der Waals surface area (Å²) >= 11 is 0. The van der Waals surface area contributed by atoms with Gasteiger partial charge >= 0.3 is 6.03 Å². The van der Waals surface area contributed by atoms with Crippen molar-refractivity contribution in [2.24, 2.45) is 0 Å². The summed E-state index contributed by atoms with van der Waals surface area (Å²) in [5.74, 6) is 0. The van der Waals surface area contributed by atoms with E-state index >= 15 is 0 Å². The molecule has 116 valence electrons. The lowest BCUT2D eigenvalue weighted by Gasteiger charge is -2.32. The van der Waals surface area contributed by atoms with Crippen LogP contribution in [0.5, 0.6) is 0 Å². The number of carbonyl (C=O) groups is 1. The molecule has 0 unspecified atom stereocenters. The fraction of sp³-hybridized carbons (Fsp3) is 0.917. The van der Waals surface area contributed by atoms with Crippen molar-refractivity contribution in [3.63, 3.8) is 0 Å². The molecule has 2 fully saturated rings. The summed E-state index contributed by atoms with van der Waals surface area (Å²) < 4.78 is 24.3. The molecule has 0 spiro atoms. The first-order chi connectivity index (χ1) is 9.41. The van der Waals surface area contributed by atoms with Crippen LogP contribution in [0.2, 0.25) is 0 Å². The zero-order chi connectivity index (χ0) is 14.8. The fourth-order valence-corrected chi connectivity index (χ4v) is 3.41. The zero-order valence-electron chi connectivity index (χ0n) is 11.8. The van der Waals surface area contributed by atoms with Crippen LogP contribution in [0.4, 0.5) is 4.79 Å². The Morgan fingerprint density at radius 3 is 2.35 bits per heavy atom. The van der Waals surface area contributed by atoms with Crippen LogP contribution >= 0.6 is 0 Å². The van der Waals surface area contributed by atoms with Crippen molar-refractivity contribution >= 4 is 16.1 Å². The van der Waals surface area contributed by atoms with Gasteiger partial charge in [0, 0.05) is 31.7 Å². The number of aliphatic hydroxyl groups is 1. The van der Waals surface area contributed by atoms with Gasteiger partial charge in [-0.2, -0.15) is 0 Å². The Labute approximate surface area is 120 Å². The summed E-state index contributed by atoms with van der Waals surface area (Å²) in [6, 6.07) is 0.137. The van der Waals surface area contributed by atoms with Crippen molar-refractivity contribution in [1.29, 1.82) is 0 Å². The monoisotopic (exact) mass is 305 g/mol. The number of piperidine rings is 1. The number of amides is 2. The fourth-order valence-electron chi connectivity index (χ4n) is 2.53. The van der Waals surface area contributed by atoms with E-state index in [2.05, 4.69) is 5.32 Å². The lowest BCUT2D eigenvalue weighted by atomic mass is 10.1. The van der Waals surface area contributed by atoms with Crippen LogP contribution in [0.25, 0.3) is 0 Å². The average molecular weight is 305 g/mol. The van der Waals surface area contributed by atoms with Crippen molar-refractivity contribution < 1.29 is 18.3 Å². The van der Waals surface area contributed by atoms with Gasteiger partial charge in [-0.1, -0.05) is 0 Å². The molecule has 0 atom stereocenters. The molecule has 1 saturated heterocycles. The summed E-state index contributed by atoms with van der Waals surface area (Å²) in [5.41, 5.74) is 0. The molecular weight excluding hydrogens is 282 g/mol. The minimum Gasteiger partial charge on any atom is -0.395 e. The number of rotatable bonds is 5. The second-order valence-electron chi connectivity index (χ2n) is 5.53. The highest BCUT2D eigenvalue weighted by molar-refractivity contribution is 7.88. The first-order valence-electron chi connectivity index (χ1n) is 7.05. The maximum absolute atomic E-state index is 12.1. The molecule has 1 saturated carbocycles. The lowest BCUT2D eigenvalue weighted by Crippen LogP contribution is -2.51. The van der Waals surface area contributed by atoms with Crippen molar-refractivity contribution in [1.82, 2.24) is 14.5 Å². The molecule has 1 aliphatic carbocycles. The minimum atomic E-state index is -3.13. The molecule has 2 amide bonds. The number of carbonyl (C=O) groups excluding carboxylic acids is 1. The third-order valence-corrected chi connectivity index (χ3v) is 5.14. The number of hydrogen-bond donors (Lipinski definition) is 2. The number of hydrogen-bond acceptors (Lipinski definition) is 4. The Morgan fingerprint density at radius 2 is 1.90 bits per heavy atom. The van der Waals surface area contributed by atoms with Crippen LogP contribution in [0.1, 0.15) is 25.7 Å². The Hall–Kier alpha value is -0.860. The second kappa shape index (κ2) is 6.28. The smallest absolute Gasteiger partial charge is 0.317 e. The summed E-state index contributed by atoms with van der Waals surface area (Å²) in [6.45, 7) is 1.23.